The van der Waals surface area contributed by atoms with Crippen LogP contribution < -0.4 is 0 Å². The highest BCUT2D eigenvalue weighted by molar-refractivity contribution is 5.72. The standard InChI is InChI=1S/C26H45NO2/c1-3-5-7-9-11-22-12-14-24(15-13-22)29-25(28)23-16-19-26(21-27,20-17-23)18-10-8-6-4-2/h22-24H,3-20H2,1-2H3. The lowest BCUT2D eigenvalue weighted by atomic mass is 9.69. The quantitative estimate of drug-likeness (QED) is 0.247. The van der Waals surface area contributed by atoms with Crippen molar-refractivity contribution in [3.63, 3.8) is 0 Å². The van der Waals surface area contributed by atoms with Crippen LogP contribution in [0.1, 0.15) is 129 Å². The van der Waals surface area contributed by atoms with Crippen LogP contribution in [0.3, 0.4) is 0 Å². The van der Waals surface area contributed by atoms with Gasteiger partial charge in [0.15, 0.2) is 0 Å². The average Bonchev–Trinajstić information content (AvgIpc) is 2.76. The molecule has 166 valence electrons. The number of nitriles is 1. The summed E-state index contributed by atoms with van der Waals surface area (Å²) < 4.78 is 5.92. The van der Waals surface area contributed by atoms with Crippen LogP contribution >= 0.6 is 0 Å². The van der Waals surface area contributed by atoms with Crippen LogP contribution in [0.25, 0.3) is 0 Å². The molecule has 0 aromatic heterocycles. The van der Waals surface area contributed by atoms with Crippen molar-refractivity contribution in [2.45, 2.75) is 136 Å². The molecule has 0 aromatic carbocycles. The molecule has 2 aliphatic rings. The molecule has 0 bridgehead atoms. The Labute approximate surface area is 180 Å². The highest BCUT2D eigenvalue weighted by atomic mass is 16.5. The third-order valence-electron chi connectivity index (χ3n) is 7.56. The maximum atomic E-state index is 12.7. The van der Waals surface area contributed by atoms with Gasteiger partial charge >= 0.3 is 5.97 Å². The predicted octanol–water partition coefficient (Wildman–Crippen LogP) is 7.73. The summed E-state index contributed by atoms with van der Waals surface area (Å²) in [6, 6.07) is 2.61. The predicted molar refractivity (Wildman–Crippen MR) is 119 cm³/mol. The molecule has 0 aromatic rings. The van der Waals surface area contributed by atoms with E-state index in [0.29, 0.717) is 0 Å². The van der Waals surface area contributed by atoms with Crippen LogP contribution in [-0.2, 0) is 9.53 Å². The third kappa shape index (κ3) is 8.31. The van der Waals surface area contributed by atoms with Gasteiger partial charge in [-0.3, -0.25) is 4.79 Å². The molecule has 2 fully saturated rings. The topological polar surface area (TPSA) is 50.1 Å². The fourth-order valence-corrected chi connectivity index (χ4v) is 5.37. The number of ether oxygens (including phenoxy) is 1. The number of hydrogen-bond acceptors (Lipinski definition) is 3. The maximum absolute atomic E-state index is 12.7. The summed E-state index contributed by atoms with van der Waals surface area (Å²) in [5.74, 6) is 0.897. The Hall–Kier alpha value is -1.04. The molecule has 0 spiro atoms. The Morgan fingerprint density at radius 2 is 1.52 bits per heavy atom. The minimum absolute atomic E-state index is 0.0221. The van der Waals surface area contributed by atoms with Crippen LogP contribution in [0, 0.1) is 28.6 Å². The summed E-state index contributed by atoms with van der Waals surface area (Å²) in [4.78, 5) is 12.7. The van der Waals surface area contributed by atoms with Gasteiger partial charge in [0, 0.05) is 0 Å². The first-order valence-electron chi connectivity index (χ1n) is 12.7. The van der Waals surface area contributed by atoms with Gasteiger partial charge in [-0.25, -0.2) is 0 Å². The van der Waals surface area contributed by atoms with Crippen LogP contribution in [0.4, 0.5) is 0 Å². The molecular weight excluding hydrogens is 358 g/mol. The van der Waals surface area contributed by atoms with Gasteiger partial charge in [-0.1, -0.05) is 71.6 Å². The highest BCUT2D eigenvalue weighted by Gasteiger charge is 2.38. The van der Waals surface area contributed by atoms with Gasteiger partial charge in [0.25, 0.3) is 0 Å². The highest BCUT2D eigenvalue weighted by Crippen LogP contribution is 2.43. The van der Waals surface area contributed by atoms with Gasteiger partial charge in [-0.05, 0) is 63.7 Å². The third-order valence-corrected chi connectivity index (χ3v) is 7.56. The van der Waals surface area contributed by atoms with Crippen molar-refractivity contribution in [1.82, 2.24) is 0 Å². The summed E-state index contributed by atoms with van der Waals surface area (Å²) in [7, 11) is 0. The summed E-state index contributed by atoms with van der Waals surface area (Å²) in [5, 5.41) is 9.73. The average molecular weight is 404 g/mol. The number of unbranched alkanes of at least 4 members (excludes halogenated alkanes) is 6. The second-order valence-corrected chi connectivity index (χ2v) is 9.91. The zero-order valence-electron chi connectivity index (χ0n) is 19.2. The SMILES string of the molecule is CCCCCCC1CCC(OC(=O)C2CCC(C#N)(CCCCCC)CC2)CC1. The lowest BCUT2D eigenvalue weighted by Gasteiger charge is -2.35. The molecule has 3 nitrogen and oxygen atoms in total. The Morgan fingerprint density at radius 3 is 2.10 bits per heavy atom. The van der Waals surface area contributed by atoms with Crippen LogP contribution in [0.2, 0.25) is 0 Å². The number of esters is 1. The Balaban J connectivity index is 1.65. The van der Waals surface area contributed by atoms with E-state index in [1.807, 2.05) is 0 Å². The molecule has 0 aliphatic heterocycles. The molecule has 0 unspecified atom stereocenters. The molecular formula is C26H45NO2. The first kappa shape index (κ1) is 24.2. The van der Waals surface area contributed by atoms with E-state index in [2.05, 4.69) is 19.9 Å². The Kier molecular flexibility index (Phi) is 11.1. The molecule has 0 radical (unpaired) electrons. The number of carbonyl (C=O) groups excluding carboxylic acids is 1. The molecule has 29 heavy (non-hydrogen) atoms. The van der Waals surface area contributed by atoms with E-state index in [4.69, 9.17) is 4.74 Å². The van der Waals surface area contributed by atoms with Gasteiger partial charge in [-0.15, -0.1) is 0 Å². The van der Waals surface area contributed by atoms with E-state index in [1.54, 1.807) is 0 Å². The second-order valence-electron chi connectivity index (χ2n) is 9.91. The first-order valence-corrected chi connectivity index (χ1v) is 12.7. The lowest BCUT2D eigenvalue weighted by Crippen LogP contribution is -2.33. The Morgan fingerprint density at radius 1 is 0.897 bits per heavy atom. The second kappa shape index (κ2) is 13.3. The maximum Gasteiger partial charge on any atom is 0.309 e. The molecule has 0 saturated heterocycles. The van der Waals surface area contributed by atoms with Crippen molar-refractivity contribution in [2.75, 3.05) is 0 Å². The van der Waals surface area contributed by atoms with Crippen molar-refractivity contribution in [2.24, 2.45) is 17.3 Å². The van der Waals surface area contributed by atoms with Crippen molar-refractivity contribution in [1.29, 1.82) is 5.26 Å². The molecule has 2 saturated carbocycles. The van der Waals surface area contributed by atoms with E-state index in [0.717, 1.165) is 57.3 Å². The summed E-state index contributed by atoms with van der Waals surface area (Å²) >= 11 is 0. The van der Waals surface area contributed by atoms with Crippen LogP contribution in [0.5, 0.6) is 0 Å². The number of rotatable bonds is 12. The van der Waals surface area contributed by atoms with Crippen molar-refractivity contribution in [3.8, 4) is 6.07 Å². The van der Waals surface area contributed by atoms with Crippen LogP contribution in [-0.4, -0.2) is 12.1 Å². The number of nitrogens with zero attached hydrogens (tertiary/aromatic N) is 1. The zero-order valence-corrected chi connectivity index (χ0v) is 19.2. The van der Waals surface area contributed by atoms with E-state index in [-0.39, 0.29) is 23.4 Å². The normalized spacial score (nSPS) is 29.9. The molecule has 2 rings (SSSR count). The molecule has 2 aliphatic carbocycles. The molecule has 3 heteroatoms. The minimum Gasteiger partial charge on any atom is -0.462 e. The summed E-state index contributed by atoms with van der Waals surface area (Å²) in [5.41, 5.74) is -0.180. The van der Waals surface area contributed by atoms with E-state index in [9.17, 15) is 10.1 Å². The van der Waals surface area contributed by atoms with Crippen LogP contribution in [0.15, 0.2) is 0 Å². The molecule has 0 atom stereocenters. The van der Waals surface area contributed by atoms with Crippen molar-refractivity contribution >= 4 is 5.97 Å². The lowest BCUT2D eigenvalue weighted by molar-refractivity contribution is -0.157. The van der Waals surface area contributed by atoms with Gasteiger partial charge in [-0.2, -0.15) is 5.26 Å². The van der Waals surface area contributed by atoms with Crippen molar-refractivity contribution in [3.05, 3.63) is 0 Å². The molecule has 0 heterocycles. The number of hydrogen-bond donors (Lipinski definition) is 0. The van der Waals surface area contributed by atoms with E-state index >= 15 is 0 Å². The molecule has 0 N–H and O–H groups in total. The molecule has 0 amide bonds. The van der Waals surface area contributed by atoms with E-state index < -0.39 is 0 Å². The largest absolute Gasteiger partial charge is 0.462 e. The minimum atomic E-state index is -0.180. The smallest absolute Gasteiger partial charge is 0.309 e. The van der Waals surface area contributed by atoms with Gasteiger partial charge in [0.05, 0.1) is 17.4 Å². The summed E-state index contributed by atoms with van der Waals surface area (Å²) in [6.07, 6.45) is 20.8. The van der Waals surface area contributed by atoms with E-state index in [1.165, 1.54) is 64.2 Å². The van der Waals surface area contributed by atoms with Gasteiger partial charge < -0.3 is 4.74 Å². The monoisotopic (exact) mass is 403 g/mol. The van der Waals surface area contributed by atoms with Crippen molar-refractivity contribution < 1.29 is 9.53 Å². The first-order chi connectivity index (χ1) is 14.1. The summed E-state index contributed by atoms with van der Waals surface area (Å²) in [6.45, 7) is 4.48. The Bertz CT molecular complexity index is 493. The van der Waals surface area contributed by atoms with Gasteiger partial charge in [0.2, 0.25) is 0 Å². The fraction of sp³-hybridized carbons (Fsp3) is 0.923. The zero-order chi connectivity index (χ0) is 21.0. The van der Waals surface area contributed by atoms with Gasteiger partial charge in [0.1, 0.15) is 6.10 Å². The number of carbonyl (C=O) groups is 1. The fourth-order valence-electron chi connectivity index (χ4n) is 5.37.